The van der Waals surface area contributed by atoms with Gasteiger partial charge in [-0.3, -0.25) is 4.79 Å². The lowest BCUT2D eigenvalue weighted by molar-refractivity contribution is -0.152. The van der Waals surface area contributed by atoms with Gasteiger partial charge in [0.15, 0.2) is 0 Å². The van der Waals surface area contributed by atoms with Gasteiger partial charge >= 0.3 is 5.97 Å². The van der Waals surface area contributed by atoms with Crippen LogP contribution in [0.25, 0.3) is 0 Å². The Morgan fingerprint density at radius 3 is 2.33 bits per heavy atom. The summed E-state index contributed by atoms with van der Waals surface area (Å²) in [5.74, 6) is 1.56. The molecule has 1 aliphatic rings. The van der Waals surface area contributed by atoms with Crippen LogP contribution in [-0.4, -0.2) is 13.1 Å². The number of methoxy groups -OCH3 is 1. The molecule has 0 N–H and O–H groups in total. The molecule has 0 aromatic heterocycles. The maximum Gasteiger partial charge on any atom is 0.309 e. The second-order valence-corrected chi connectivity index (χ2v) is 5.85. The van der Waals surface area contributed by atoms with Gasteiger partial charge in [0.05, 0.1) is 13.0 Å². The lowest BCUT2D eigenvalue weighted by Crippen LogP contribution is -2.39. The van der Waals surface area contributed by atoms with Crippen molar-refractivity contribution in [2.45, 2.75) is 47.0 Å². The predicted octanol–water partition coefficient (Wildman–Crippen LogP) is 3.26. The van der Waals surface area contributed by atoms with E-state index in [1.807, 2.05) is 0 Å². The third-order valence-electron chi connectivity index (χ3n) is 3.99. The zero-order valence-electron chi connectivity index (χ0n) is 10.7. The summed E-state index contributed by atoms with van der Waals surface area (Å²) >= 11 is 0. The Labute approximate surface area is 93.4 Å². The van der Waals surface area contributed by atoms with Crippen LogP contribution in [0.3, 0.4) is 0 Å². The van der Waals surface area contributed by atoms with Crippen molar-refractivity contribution >= 4 is 5.97 Å². The zero-order chi connectivity index (χ0) is 11.6. The van der Waals surface area contributed by atoms with Crippen LogP contribution < -0.4 is 0 Å². The highest BCUT2D eigenvalue weighted by Crippen LogP contribution is 2.45. The molecule has 0 bridgehead atoms. The van der Waals surface area contributed by atoms with Crippen molar-refractivity contribution in [3.63, 3.8) is 0 Å². The van der Waals surface area contributed by atoms with E-state index in [0.29, 0.717) is 0 Å². The predicted molar refractivity (Wildman–Crippen MR) is 61.5 cm³/mol. The number of rotatable bonds is 2. The quantitative estimate of drug-likeness (QED) is 0.657. The van der Waals surface area contributed by atoms with Crippen LogP contribution in [0.4, 0.5) is 0 Å². The molecule has 2 atom stereocenters. The minimum atomic E-state index is -0.0257. The van der Waals surface area contributed by atoms with Crippen molar-refractivity contribution in [1.29, 1.82) is 0 Å². The van der Waals surface area contributed by atoms with Crippen LogP contribution in [0.5, 0.6) is 0 Å². The van der Waals surface area contributed by atoms with Crippen LogP contribution in [-0.2, 0) is 9.53 Å². The van der Waals surface area contributed by atoms with Gasteiger partial charge in [-0.2, -0.15) is 0 Å². The standard InChI is InChI=1S/C13H24O2/c1-9(2)10-6-7-11(12(14)15-5)13(3,4)8-10/h9-11H,6-8H2,1-5H3. The lowest BCUT2D eigenvalue weighted by Gasteiger charge is -2.42. The van der Waals surface area contributed by atoms with Crippen molar-refractivity contribution in [1.82, 2.24) is 0 Å². The van der Waals surface area contributed by atoms with E-state index in [1.54, 1.807) is 0 Å². The summed E-state index contributed by atoms with van der Waals surface area (Å²) in [4.78, 5) is 11.6. The summed E-state index contributed by atoms with van der Waals surface area (Å²) in [6.07, 6.45) is 3.30. The maximum absolute atomic E-state index is 11.6. The Morgan fingerprint density at radius 1 is 1.33 bits per heavy atom. The van der Waals surface area contributed by atoms with Gasteiger partial charge in [0.2, 0.25) is 0 Å². The van der Waals surface area contributed by atoms with Crippen molar-refractivity contribution in [3.8, 4) is 0 Å². The number of carbonyl (C=O) groups is 1. The van der Waals surface area contributed by atoms with E-state index < -0.39 is 0 Å². The molecule has 2 heteroatoms. The largest absolute Gasteiger partial charge is 0.469 e. The average Bonchev–Trinajstić information content (AvgIpc) is 2.15. The molecular weight excluding hydrogens is 188 g/mol. The molecule has 0 saturated heterocycles. The molecule has 88 valence electrons. The molecule has 0 spiro atoms. The normalized spacial score (nSPS) is 30.3. The van der Waals surface area contributed by atoms with Crippen molar-refractivity contribution in [2.24, 2.45) is 23.2 Å². The summed E-state index contributed by atoms with van der Waals surface area (Å²) in [5, 5.41) is 0. The van der Waals surface area contributed by atoms with Crippen LogP contribution in [0, 0.1) is 23.2 Å². The van der Waals surface area contributed by atoms with Crippen molar-refractivity contribution < 1.29 is 9.53 Å². The van der Waals surface area contributed by atoms with Crippen LogP contribution >= 0.6 is 0 Å². The number of hydrogen-bond acceptors (Lipinski definition) is 2. The fourth-order valence-electron chi connectivity index (χ4n) is 2.84. The molecule has 2 nitrogen and oxygen atoms in total. The van der Waals surface area contributed by atoms with Gasteiger partial charge in [0.1, 0.15) is 0 Å². The van der Waals surface area contributed by atoms with E-state index in [4.69, 9.17) is 4.74 Å². The van der Waals surface area contributed by atoms with Gasteiger partial charge in [-0.25, -0.2) is 0 Å². The molecule has 1 aliphatic carbocycles. The second-order valence-electron chi connectivity index (χ2n) is 5.85. The molecular formula is C13H24O2. The minimum Gasteiger partial charge on any atom is -0.469 e. The summed E-state index contributed by atoms with van der Waals surface area (Å²) in [7, 11) is 1.49. The highest BCUT2D eigenvalue weighted by atomic mass is 16.5. The maximum atomic E-state index is 11.6. The topological polar surface area (TPSA) is 26.3 Å². The van der Waals surface area contributed by atoms with E-state index in [0.717, 1.165) is 24.7 Å². The molecule has 2 unspecified atom stereocenters. The molecule has 1 saturated carbocycles. The summed E-state index contributed by atoms with van der Waals surface area (Å²) in [6.45, 7) is 8.95. The number of ether oxygens (including phenoxy) is 1. The molecule has 0 amide bonds. The molecule has 1 rings (SSSR count). The molecule has 0 heterocycles. The summed E-state index contributed by atoms with van der Waals surface area (Å²) < 4.78 is 4.88. The van der Waals surface area contributed by atoms with Gasteiger partial charge in [-0.15, -0.1) is 0 Å². The first-order valence-corrected chi connectivity index (χ1v) is 5.96. The first-order valence-electron chi connectivity index (χ1n) is 5.96. The third-order valence-corrected chi connectivity index (χ3v) is 3.99. The van der Waals surface area contributed by atoms with E-state index in [1.165, 1.54) is 13.5 Å². The van der Waals surface area contributed by atoms with E-state index in [-0.39, 0.29) is 17.3 Å². The highest BCUT2D eigenvalue weighted by molar-refractivity contribution is 5.73. The number of hydrogen-bond donors (Lipinski definition) is 0. The molecule has 0 radical (unpaired) electrons. The fraction of sp³-hybridized carbons (Fsp3) is 0.923. The highest BCUT2D eigenvalue weighted by Gasteiger charge is 2.41. The monoisotopic (exact) mass is 212 g/mol. The van der Waals surface area contributed by atoms with Crippen molar-refractivity contribution in [2.75, 3.05) is 7.11 Å². The zero-order valence-corrected chi connectivity index (χ0v) is 10.7. The van der Waals surface area contributed by atoms with E-state index >= 15 is 0 Å². The summed E-state index contributed by atoms with van der Waals surface area (Å²) in [6, 6.07) is 0. The van der Waals surface area contributed by atoms with Gasteiger partial charge in [0.25, 0.3) is 0 Å². The van der Waals surface area contributed by atoms with Crippen molar-refractivity contribution in [3.05, 3.63) is 0 Å². The fourth-order valence-corrected chi connectivity index (χ4v) is 2.84. The molecule has 15 heavy (non-hydrogen) atoms. The molecule has 0 aliphatic heterocycles. The molecule has 1 fully saturated rings. The molecule has 0 aromatic carbocycles. The average molecular weight is 212 g/mol. The van der Waals surface area contributed by atoms with Gasteiger partial charge in [-0.1, -0.05) is 27.7 Å². The van der Waals surface area contributed by atoms with E-state index in [9.17, 15) is 4.79 Å². The first-order chi connectivity index (χ1) is 6.88. The Balaban J connectivity index is 2.70. The summed E-state index contributed by atoms with van der Waals surface area (Å²) in [5.41, 5.74) is 0.0975. The van der Waals surface area contributed by atoms with E-state index in [2.05, 4.69) is 27.7 Å². The number of carbonyl (C=O) groups excluding carboxylic acids is 1. The minimum absolute atomic E-state index is 0.0257. The second kappa shape index (κ2) is 4.54. The Bertz CT molecular complexity index is 231. The van der Waals surface area contributed by atoms with Gasteiger partial charge < -0.3 is 4.74 Å². The Hall–Kier alpha value is -0.530. The van der Waals surface area contributed by atoms with Crippen LogP contribution in [0.1, 0.15) is 47.0 Å². The number of esters is 1. The first kappa shape index (κ1) is 12.5. The van der Waals surface area contributed by atoms with Crippen LogP contribution in [0.2, 0.25) is 0 Å². The van der Waals surface area contributed by atoms with Gasteiger partial charge in [0, 0.05) is 0 Å². The Kier molecular flexibility index (Phi) is 3.80. The van der Waals surface area contributed by atoms with Gasteiger partial charge in [-0.05, 0) is 36.5 Å². The molecule has 0 aromatic rings. The lowest BCUT2D eigenvalue weighted by atomic mass is 9.63. The Morgan fingerprint density at radius 2 is 1.93 bits per heavy atom. The SMILES string of the molecule is COC(=O)C1CCC(C(C)C)CC1(C)C. The smallest absolute Gasteiger partial charge is 0.309 e. The van der Waals surface area contributed by atoms with Crippen LogP contribution in [0.15, 0.2) is 0 Å². The third kappa shape index (κ3) is 2.73.